The summed E-state index contributed by atoms with van der Waals surface area (Å²) < 4.78 is 1.62. The monoisotopic (exact) mass is 636 g/mol. The molecule has 7 rings (SSSR count). The van der Waals surface area contributed by atoms with Crippen LogP contribution in [0.4, 0.5) is 5.69 Å². The predicted octanol–water partition coefficient (Wildman–Crippen LogP) is 7.13. The van der Waals surface area contributed by atoms with E-state index in [0.717, 1.165) is 64.0 Å². The molecule has 0 aliphatic heterocycles. The smallest absolute Gasteiger partial charge is 0.277 e. The minimum Gasteiger partial charge on any atom is -0.378 e. The van der Waals surface area contributed by atoms with E-state index in [1.54, 1.807) is 6.08 Å². The van der Waals surface area contributed by atoms with Gasteiger partial charge in [0.2, 0.25) is 4.96 Å². The summed E-state index contributed by atoms with van der Waals surface area (Å²) >= 11 is 13.6. The van der Waals surface area contributed by atoms with Crippen LogP contribution in [0.15, 0.2) is 82.4 Å². The number of hydrogen-bond donors (Lipinski definition) is 0. The highest BCUT2D eigenvalue weighted by Gasteiger charge is 2.26. The Morgan fingerprint density at radius 2 is 1.43 bits per heavy atom. The van der Waals surface area contributed by atoms with Gasteiger partial charge < -0.3 is 4.90 Å². The van der Waals surface area contributed by atoms with Gasteiger partial charge in [-0.2, -0.15) is 4.98 Å². The molecule has 0 N–H and O–H groups in total. The standard InChI is InChI=1S/C35H26Cl2N4O2S/c1-40(2)26-16-8-21(9-17-26)19-28-33(42)41-34(43)30-29(22-10-14-25(37)15-11-22)27-5-3-4-23(18-20-6-12-24(36)13-7-20)31(27)38-32(30)39-35(41)44-28/h6-19H,3-5H2,1-2H3/b23-18+,28-19+. The normalized spacial score (nSPS) is 14.5. The Labute approximate surface area is 267 Å². The van der Waals surface area contributed by atoms with E-state index in [-0.39, 0.29) is 5.56 Å². The van der Waals surface area contributed by atoms with E-state index in [4.69, 9.17) is 33.2 Å². The third-order valence-electron chi connectivity index (χ3n) is 7.93. The van der Waals surface area contributed by atoms with Gasteiger partial charge in [0, 0.05) is 35.4 Å². The lowest BCUT2D eigenvalue weighted by atomic mass is 9.84. The third-order valence-corrected chi connectivity index (χ3v) is 9.40. The molecule has 0 amide bonds. The highest BCUT2D eigenvalue weighted by atomic mass is 35.5. The van der Waals surface area contributed by atoms with Gasteiger partial charge in [0.1, 0.15) is 0 Å². The predicted molar refractivity (Wildman–Crippen MR) is 183 cm³/mol. The van der Waals surface area contributed by atoms with Crippen LogP contribution in [0.5, 0.6) is 0 Å². The fraction of sp³-hybridized carbons (Fsp3) is 0.143. The summed E-state index contributed by atoms with van der Waals surface area (Å²) in [5.41, 5.74) is 6.92. The second kappa shape index (κ2) is 11.3. The van der Waals surface area contributed by atoms with Gasteiger partial charge in [-0.3, -0.25) is 9.59 Å². The van der Waals surface area contributed by atoms with Crippen molar-refractivity contribution in [1.29, 1.82) is 0 Å². The second-order valence-corrected chi connectivity index (χ2v) is 12.9. The zero-order valence-corrected chi connectivity index (χ0v) is 26.3. The number of rotatable bonds is 4. The minimum absolute atomic E-state index is 0.317. The maximum atomic E-state index is 14.3. The number of fused-ring (bicyclic) bond motifs is 3. The molecule has 1 aliphatic rings. The van der Waals surface area contributed by atoms with Crippen LogP contribution in [-0.4, -0.2) is 28.5 Å². The van der Waals surface area contributed by atoms with Crippen LogP contribution < -0.4 is 20.6 Å². The van der Waals surface area contributed by atoms with Crippen LogP contribution in [0, 0.1) is 0 Å². The Hall–Kier alpha value is -4.30. The van der Waals surface area contributed by atoms with E-state index in [1.165, 1.54) is 15.7 Å². The summed E-state index contributed by atoms with van der Waals surface area (Å²) in [5, 5.41) is 1.61. The number of benzene rings is 3. The molecule has 0 saturated carbocycles. The van der Waals surface area contributed by atoms with Crippen molar-refractivity contribution in [2.24, 2.45) is 0 Å². The molecule has 6 aromatic rings. The van der Waals surface area contributed by atoms with Crippen LogP contribution in [0.1, 0.15) is 35.2 Å². The fourth-order valence-corrected chi connectivity index (χ4v) is 6.97. The molecule has 1 aliphatic carbocycles. The van der Waals surface area contributed by atoms with E-state index < -0.39 is 5.56 Å². The summed E-state index contributed by atoms with van der Waals surface area (Å²) in [6.45, 7) is 0. The molecule has 6 nitrogen and oxygen atoms in total. The Kier molecular flexibility index (Phi) is 7.33. The van der Waals surface area contributed by atoms with Gasteiger partial charge in [-0.15, -0.1) is 0 Å². The zero-order valence-electron chi connectivity index (χ0n) is 24.0. The SMILES string of the molecule is CN(C)c1ccc(/C=c2/sc3nc4nc5c(c(-c6ccc(Cl)cc6)c4c(=O)n3c2=O)CCC/C5=C\c2ccc(Cl)cc2)cc1. The number of nitrogens with zero attached hydrogens (tertiary/aromatic N) is 4. The van der Waals surface area contributed by atoms with Gasteiger partial charge >= 0.3 is 0 Å². The molecule has 218 valence electrons. The molecular weight excluding hydrogens is 611 g/mol. The molecule has 0 bridgehead atoms. The lowest BCUT2D eigenvalue weighted by molar-refractivity contribution is 0.815. The molecule has 0 radical (unpaired) electrons. The first-order chi connectivity index (χ1) is 21.3. The van der Waals surface area contributed by atoms with Crippen LogP contribution in [0.25, 0.3) is 44.8 Å². The quantitative estimate of drug-likeness (QED) is 0.206. The lowest BCUT2D eigenvalue weighted by Crippen LogP contribution is -2.31. The number of thiazole rings is 1. The molecule has 3 aromatic carbocycles. The van der Waals surface area contributed by atoms with E-state index >= 15 is 0 Å². The average molecular weight is 638 g/mol. The number of allylic oxidation sites excluding steroid dienone is 1. The maximum absolute atomic E-state index is 14.3. The molecule has 44 heavy (non-hydrogen) atoms. The molecule has 0 spiro atoms. The molecule has 0 saturated heterocycles. The first-order valence-corrected chi connectivity index (χ1v) is 15.8. The molecule has 3 aromatic heterocycles. The molecule has 9 heteroatoms. The van der Waals surface area contributed by atoms with E-state index in [0.29, 0.717) is 30.6 Å². The van der Waals surface area contributed by atoms with E-state index in [2.05, 4.69) is 6.08 Å². The molecule has 0 fully saturated rings. The van der Waals surface area contributed by atoms with Gasteiger partial charge in [-0.1, -0.05) is 70.9 Å². The van der Waals surface area contributed by atoms with Crippen molar-refractivity contribution in [3.8, 4) is 11.1 Å². The maximum Gasteiger partial charge on any atom is 0.277 e. The highest BCUT2D eigenvalue weighted by Crippen LogP contribution is 2.40. The van der Waals surface area contributed by atoms with E-state index in [1.807, 2.05) is 91.8 Å². The molecule has 3 heterocycles. The summed E-state index contributed by atoms with van der Waals surface area (Å²) in [4.78, 5) is 40.1. The first-order valence-electron chi connectivity index (χ1n) is 14.2. The third kappa shape index (κ3) is 5.11. The molecular formula is C35H26Cl2N4O2S. The highest BCUT2D eigenvalue weighted by molar-refractivity contribution is 7.15. The molecule has 0 atom stereocenters. The van der Waals surface area contributed by atoms with Crippen LogP contribution >= 0.6 is 34.5 Å². The van der Waals surface area contributed by atoms with Gasteiger partial charge in [-0.25, -0.2) is 9.38 Å². The van der Waals surface area contributed by atoms with Crippen LogP contribution in [-0.2, 0) is 6.42 Å². The van der Waals surface area contributed by atoms with Crippen molar-refractivity contribution in [3.63, 3.8) is 0 Å². The van der Waals surface area contributed by atoms with Crippen LogP contribution in [0.2, 0.25) is 10.0 Å². The van der Waals surface area contributed by atoms with Crippen molar-refractivity contribution in [2.75, 3.05) is 19.0 Å². The first kappa shape index (κ1) is 28.5. The number of halogens is 2. The number of anilines is 1. The van der Waals surface area contributed by atoms with Crippen molar-refractivity contribution in [1.82, 2.24) is 14.4 Å². The summed E-state index contributed by atoms with van der Waals surface area (Å²) in [6, 6.07) is 23.0. The topological polar surface area (TPSA) is 67.6 Å². The Morgan fingerprint density at radius 1 is 0.795 bits per heavy atom. The number of aromatic nitrogens is 3. The lowest BCUT2D eigenvalue weighted by Gasteiger charge is -2.23. The number of hydrogen-bond acceptors (Lipinski definition) is 6. The molecule has 0 unspecified atom stereocenters. The fourth-order valence-electron chi connectivity index (χ4n) is 5.76. The van der Waals surface area contributed by atoms with Gasteiger partial charge in [0.05, 0.1) is 15.6 Å². The van der Waals surface area contributed by atoms with Gasteiger partial charge in [0.25, 0.3) is 11.1 Å². The second-order valence-electron chi connectivity index (χ2n) is 11.0. The Bertz CT molecular complexity index is 2270. The van der Waals surface area contributed by atoms with Gasteiger partial charge in [0.15, 0.2) is 5.65 Å². The summed E-state index contributed by atoms with van der Waals surface area (Å²) in [6.07, 6.45) is 6.40. The van der Waals surface area contributed by atoms with Crippen molar-refractivity contribution < 1.29 is 0 Å². The number of pyridine rings is 1. The average Bonchev–Trinajstić information content (AvgIpc) is 3.32. The zero-order chi connectivity index (χ0) is 30.5. The van der Waals surface area contributed by atoms with Crippen molar-refractivity contribution in [2.45, 2.75) is 19.3 Å². The van der Waals surface area contributed by atoms with Crippen LogP contribution in [0.3, 0.4) is 0 Å². The van der Waals surface area contributed by atoms with Crippen molar-refractivity contribution in [3.05, 3.63) is 130 Å². The summed E-state index contributed by atoms with van der Waals surface area (Å²) in [7, 11) is 3.95. The Morgan fingerprint density at radius 3 is 2.11 bits per heavy atom. The van der Waals surface area contributed by atoms with E-state index in [9.17, 15) is 9.59 Å². The van der Waals surface area contributed by atoms with Gasteiger partial charge in [-0.05, 0) is 95.6 Å². The minimum atomic E-state index is -0.414. The largest absolute Gasteiger partial charge is 0.378 e. The van der Waals surface area contributed by atoms with Crippen molar-refractivity contribution >= 4 is 73.9 Å². The Balaban J connectivity index is 1.50. The summed E-state index contributed by atoms with van der Waals surface area (Å²) in [5.74, 6) is 0.